The Morgan fingerprint density at radius 3 is 2.73 bits per heavy atom. The highest BCUT2D eigenvalue weighted by atomic mass is 19.1. The van der Waals surface area contributed by atoms with Gasteiger partial charge >= 0.3 is 12.1 Å². The van der Waals surface area contributed by atoms with E-state index in [1.165, 1.54) is 0 Å². The number of rotatable bonds is 1. The van der Waals surface area contributed by atoms with E-state index in [1.807, 2.05) is 20.8 Å². The second kappa shape index (κ2) is 7.81. The monoisotopic (exact) mass is 420 g/mol. The Morgan fingerprint density at radius 1 is 1.23 bits per heavy atom. The lowest BCUT2D eigenvalue weighted by Gasteiger charge is -2.46. The molecular weight excluding hydrogens is 391 g/mol. The highest BCUT2D eigenvalue weighted by Gasteiger charge is 2.38. The molecule has 0 bridgehead atoms. The first-order valence-corrected chi connectivity index (χ1v) is 10.5. The number of benzene rings is 1. The van der Waals surface area contributed by atoms with Crippen molar-refractivity contribution < 1.29 is 28.2 Å². The number of halogens is 1. The molecular formula is C22H29FN2O5. The second-order valence-electron chi connectivity index (χ2n) is 9.31. The molecule has 3 aliphatic heterocycles. The third kappa shape index (κ3) is 4.16. The van der Waals surface area contributed by atoms with Crippen molar-refractivity contribution in [2.75, 3.05) is 32.8 Å². The van der Waals surface area contributed by atoms with Gasteiger partial charge in [-0.1, -0.05) is 6.07 Å². The summed E-state index contributed by atoms with van der Waals surface area (Å²) in [6.45, 7) is 10.0. The predicted octanol–water partition coefficient (Wildman–Crippen LogP) is 2.92. The number of hydrogen-bond donors (Lipinski definition) is 0. The van der Waals surface area contributed by atoms with E-state index in [0.717, 1.165) is 0 Å². The SMILES string of the molecule is C[C@@H]1Cc2c(ccc([C@@H]3CN4CCN(C(=O)OC(C)(C)C)C[C@H]4CO3)c2F)C(=O)O1. The molecule has 1 aromatic carbocycles. The second-order valence-corrected chi connectivity index (χ2v) is 9.31. The molecule has 3 atom stereocenters. The van der Waals surface area contributed by atoms with Crippen LogP contribution >= 0.6 is 0 Å². The minimum Gasteiger partial charge on any atom is -0.459 e. The fourth-order valence-electron chi connectivity index (χ4n) is 4.32. The topological polar surface area (TPSA) is 68.3 Å². The summed E-state index contributed by atoms with van der Waals surface area (Å²) in [5, 5.41) is 0. The summed E-state index contributed by atoms with van der Waals surface area (Å²) in [6, 6.07) is 3.32. The van der Waals surface area contributed by atoms with Crippen molar-refractivity contribution in [2.45, 2.75) is 58.0 Å². The van der Waals surface area contributed by atoms with E-state index in [4.69, 9.17) is 14.2 Å². The van der Waals surface area contributed by atoms with Gasteiger partial charge in [0.25, 0.3) is 0 Å². The lowest BCUT2D eigenvalue weighted by Crippen LogP contribution is -2.60. The molecule has 0 N–H and O–H groups in total. The van der Waals surface area contributed by atoms with Crippen LogP contribution in [0, 0.1) is 5.82 Å². The van der Waals surface area contributed by atoms with Crippen molar-refractivity contribution in [3.05, 3.63) is 34.6 Å². The third-order valence-corrected chi connectivity index (χ3v) is 5.79. The molecule has 0 spiro atoms. The molecule has 0 aromatic heterocycles. The van der Waals surface area contributed by atoms with E-state index < -0.39 is 17.7 Å². The molecule has 7 nitrogen and oxygen atoms in total. The number of esters is 1. The van der Waals surface area contributed by atoms with Crippen LogP contribution in [0.25, 0.3) is 0 Å². The predicted molar refractivity (Wildman–Crippen MR) is 107 cm³/mol. The number of cyclic esters (lactones) is 1. The Balaban J connectivity index is 1.44. The van der Waals surface area contributed by atoms with Gasteiger partial charge in [0.1, 0.15) is 17.5 Å². The van der Waals surface area contributed by atoms with Crippen LogP contribution in [-0.4, -0.2) is 72.4 Å². The smallest absolute Gasteiger partial charge is 0.410 e. The van der Waals surface area contributed by atoms with Gasteiger partial charge in [0, 0.05) is 43.7 Å². The highest BCUT2D eigenvalue weighted by molar-refractivity contribution is 5.92. The van der Waals surface area contributed by atoms with Gasteiger partial charge in [0.05, 0.1) is 24.3 Å². The standard InChI is InChI=1S/C22H29FN2O5/c1-13-9-17-15(20(26)29-13)5-6-16(19(17)23)18-11-24-7-8-25(10-14(24)12-28-18)21(27)30-22(2,3)4/h5-6,13-14,18H,7-12H2,1-4H3/t13-,14+,18+/m1/s1. The van der Waals surface area contributed by atoms with Crippen LogP contribution in [0.2, 0.25) is 0 Å². The van der Waals surface area contributed by atoms with Gasteiger partial charge in [-0.15, -0.1) is 0 Å². The lowest BCUT2D eigenvalue weighted by molar-refractivity contribution is -0.0916. The molecule has 1 aromatic rings. The van der Waals surface area contributed by atoms with Gasteiger partial charge in [0.2, 0.25) is 0 Å². The molecule has 30 heavy (non-hydrogen) atoms. The van der Waals surface area contributed by atoms with E-state index in [2.05, 4.69) is 4.90 Å². The van der Waals surface area contributed by atoms with Gasteiger partial charge in [-0.25, -0.2) is 14.0 Å². The summed E-state index contributed by atoms with van der Waals surface area (Å²) >= 11 is 0. The molecule has 0 unspecified atom stereocenters. The molecule has 3 heterocycles. The number of hydrogen-bond acceptors (Lipinski definition) is 6. The zero-order chi connectivity index (χ0) is 21.6. The minimum absolute atomic E-state index is 0.0539. The maximum absolute atomic E-state index is 15.3. The average Bonchev–Trinajstić information content (AvgIpc) is 2.66. The summed E-state index contributed by atoms with van der Waals surface area (Å²) in [5.74, 6) is -0.844. The number of amides is 1. The van der Waals surface area contributed by atoms with Crippen molar-refractivity contribution in [1.29, 1.82) is 0 Å². The summed E-state index contributed by atoms with van der Waals surface area (Å²) in [5.41, 5.74) is 0.658. The number of fused-ring (bicyclic) bond motifs is 2. The van der Waals surface area contributed by atoms with E-state index >= 15 is 4.39 Å². The molecule has 2 fully saturated rings. The zero-order valence-electron chi connectivity index (χ0n) is 17.9. The fraction of sp³-hybridized carbons (Fsp3) is 0.636. The van der Waals surface area contributed by atoms with Crippen LogP contribution in [0.5, 0.6) is 0 Å². The van der Waals surface area contributed by atoms with E-state index in [0.29, 0.717) is 55.9 Å². The van der Waals surface area contributed by atoms with Gasteiger partial charge < -0.3 is 19.1 Å². The van der Waals surface area contributed by atoms with Crippen molar-refractivity contribution >= 4 is 12.1 Å². The number of carbonyl (C=O) groups excluding carboxylic acids is 2. The molecule has 1 amide bonds. The van der Waals surface area contributed by atoms with Crippen LogP contribution in [0.1, 0.15) is 55.3 Å². The number of carbonyl (C=O) groups is 2. The molecule has 8 heteroatoms. The van der Waals surface area contributed by atoms with Gasteiger partial charge in [-0.2, -0.15) is 0 Å². The first-order chi connectivity index (χ1) is 14.1. The average molecular weight is 420 g/mol. The minimum atomic E-state index is -0.531. The van der Waals surface area contributed by atoms with Crippen LogP contribution in [-0.2, 0) is 20.6 Å². The molecule has 0 aliphatic carbocycles. The van der Waals surface area contributed by atoms with E-state index in [1.54, 1.807) is 24.0 Å². The number of piperazine rings is 1. The Bertz CT molecular complexity index is 853. The van der Waals surface area contributed by atoms with Crippen LogP contribution < -0.4 is 0 Å². The largest absolute Gasteiger partial charge is 0.459 e. The zero-order valence-corrected chi connectivity index (χ0v) is 17.9. The normalized spacial score (nSPS) is 27.2. The van der Waals surface area contributed by atoms with Gasteiger partial charge in [0.15, 0.2) is 0 Å². The Hall–Kier alpha value is -2.19. The quantitative estimate of drug-likeness (QED) is 0.651. The molecule has 3 aliphatic rings. The van der Waals surface area contributed by atoms with E-state index in [-0.39, 0.29) is 24.1 Å². The number of nitrogens with zero attached hydrogens (tertiary/aromatic N) is 2. The van der Waals surface area contributed by atoms with Crippen LogP contribution in [0.3, 0.4) is 0 Å². The summed E-state index contributed by atoms with van der Waals surface area (Å²) in [4.78, 5) is 28.3. The Labute approximate surface area is 176 Å². The molecule has 2 saturated heterocycles. The molecule has 4 rings (SSSR count). The number of morpholine rings is 1. The number of ether oxygens (including phenoxy) is 3. The lowest BCUT2D eigenvalue weighted by atomic mass is 9.93. The van der Waals surface area contributed by atoms with Crippen LogP contribution in [0.4, 0.5) is 9.18 Å². The van der Waals surface area contributed by atoms with E-state index in [9.17, 15) is 9.59 Å². The van der Waals surface area contributed by atoms with Crippen molar-refractivity contribution in [1.82, 2.24) is 9.80 Å². The molecule has 0 radical (unpaired) electrons. The van der Waals surface area contributed by atoms with Crippen molar-refractivity contribution in [2.24, 2.45) is 0 Å². The molecule has 164 valence electrons. The maximum atomic E-state index is 15.3. The fourth-order valence-corrected chi connectivity index (χ4v) is 4.32. The van der Waals surface area contributed by atoms with Crippen LogP contribution in [0.15, 0.2) is 12.1 Å². The third-order valence-electron chi connectivity index (χ3n) is 5.79. The maximum Gasteiger partial charge on any atom is 0.410 e. The summed E-state index contributed by atoms with van der Waals surface area (Å²) in [7, 11) is 0. The summed E-state index contributed by atoms with van der Waals surface area (Å²) in [6.07, 6.45) is -0.698. The van der Waals surface area contributed by atoms with Crippen molar-refractivity contribution in [3.8, 4) is 0 Å². The Kier molecular flexibility index (Phi) is 5.48. The molecule has 0 saturated carbocycles. The van der Waals surface area contributed by atoms with Crippen molar-refractivity contribution in [3.63, 3.8) is 0 Å². The first kappa shape index (κ1) is 21.1. The first-order valence-electron chi connectivity index (χ1n) is 10.5. The summed E-state index contributed by atoms with van der Waals surface area (Å²) < 4.78 is 31.9. The Morgan fingerprint density at radius 2 is 2.00 bits per heavy atom. The van der Waals surface area contributed by atoms with Gasteiger partial charge in [-0.05, 0) is 33.8 Å². The highest BCUT2D eigenvalue weighted by Crippen LogP contribution is 2.33. The van der Waals surface area contributed by atoms with Gasteiger partial charge in [-0.3, -0.25) is 4.90 Å².